The molecule has 0 saturated carbocycles. The highest BCUT2D eigenvalue weighted by atomic mass is 35.5. The molecule has 0 radical (unpaired) electrons. The van der Waals surface area contributed by atoms with Crippen molar-refractivity contribution < 1.29 is 13.2 Å². The van der Waals surface area contributed by atoms with Gasteiger partial charge in [-0.25, -0.2) is 13.4 Å². The summed E-state index contributed by atoms with van der Waals surface area (Å²) in [5.74, 6) is 0.633. The van der Waals surface area contributed by atoms with Gasteiger partial charge in [-0.15, -0.1) is 15.7 Å². The molecule has 0 bridgehead atoms. The number of hydrogen-bond donors (Lipinski definition) is 0. The number of carbonyl (C=O) groups is 1. The predicted molar refractivity (Wildman–Crippen MR) is 118 cm³/mol. The van der Waals surface area contributed by atoms with Crippen LogP contribution in [-0.4, -0.2) is 60.3 Å². The number of sulfonamides is 1. The minimum Gasteiger partial charge on any atom is -0.339 e. The Bertz CT molecular complexity index is 1220. The maximum absolute atomic E-state index is 13.0. The lowest BCUT2D eigenvalue weighted by atomic mass is 9.97. The van der Waals surface area contributed by atoms with Crippen LogP contribution >= 0.6 is 22.9 Å². The number of fused-ring (bicyclic) bond motifs is 2. The first-order valence-electron chi connectivity index (χ1n) is 9.72. The largest absolute Gasteiger partial charge is 0.339 e. The number of amidine groups is 1. The maximum Gasteiger partial charge on any atom is 0.256 e. The summed E-state index contributed by atoms with van der Waals surface area (Å²) in [5.41, 5.74) is 1.49. The molecule has 30 heavy (non-hydrogen) atoms. The summed E-state index contributed by atoms with van der Waals surface area (Å²) in [6.07, 6.45) is 6.69. The lowest BCUT2D eigenvalue weighted by Crippen LogP contribution is -2.41. The molecule has 2 aromatic rings. The van der Waals surface area contributed by atoms with E-state index in [-0.39, 0.29) is 11.7 Å². The Balaban J connectivity index is 1.26. The normalized spacial score (nSPS) is 21.4. The average molecular weight is 463 g/mol. The molecule has 0 unspecified atom stereocenters. The maximum atomic E-state index is 13.0. The minimum atomic E-state index is -3.40. The van der Waals surface area contributed by atoms with Crippen molar-refractivity contribution in [2.45, 2.75) is 18.8 Å². The number of halogens is 1. The van der Waals surface area contributed by atoms with Gasteiger partial charge >= 0.3 is 0 Å². The molecule has 0 N–H and O–H groups in total. The topological polar surface area (TPSA) is 82.9 Å². The summed E-state index contributed by atoms with van der Waals surface area (Å²) in [5, 5.41) is 1.79. The van der Waals surface area contributed by atoms with Crippen LogP contribution in [0, 0.1) is 0 Å². The van der Waals surface area contributed by atoms with Gasteiger partial charge in [-0.1, -0.05) is 11.6 Å². The third-order valence-electron chi connectivity index (χ3n) is 5.57. The molecule has 1 fully saturated rings. The molecule has 5 rings (SSSR count). The van der Waals surface area contributed by atoms with Crippen molar-refractivity contribution in [2.75, 3.05) is 25.4 Å². The van der Waals surface area contributed by atoms with Crippen LogP contribution in [0.4, 0.5) is 0 Å². The van der Waals surface area contributed by atoms with Gasteiger partial charge in [0.05, 0.1) is 26.6 Å². The van der Waals surface area contributed by atoms with Gasteiger partial charge in [0.25, 0.3) is 15.9 Å². The fraction of sp³-hybridized carbons (Fsp3) is 0.350. The fourth-order valence-electron chi connectivity index (χ4n) is 3.93. The number of nitrogens with zero attached hydrogens (tertiary/aromatic N) is 4. The average Bonchev–Trinajstić information content (AvgIpc) is 3.15. The first-order valence-corrected chi connectivity index (χ1v) is 12.5. The van der Waals surface area contributed by atoms with Crippen molar-refractivity contribution in [1.82, 2.24) is 14.8 Å². The van der Waals surface area contributed by atoms with E-state index < -0.39 is 10.0 Å². The first kappa shape index (κ1) is 19.7. The van der Waals surface area contributed by atoms with Crippen molar-refractivity contribution in [3.63, 3.8) is 0 Å². The van der Waals surface area contributed by atoms with E-state index in [2.05, 4.69) is 4.40 Å². The third-order valence-corrected chi connectivity index (χ3v) is 8.17. The van der Waals surface area contributed by atoms with Gasteiger partial charge in [0.2, 0.25) is 0 Å². The molecule has 1 saturated heterocycles. The van der Waals surface area contributed by atoms with E-state index >= 15 is 0 Å². The van der Waals surface area contributed by atoms with Crippen LogP contribution in [-0.2, 0) is 14.8 Å². The van der Waals surface area contributed by atoms with Gasteiger partial charge in [0.1, 0.15) is 5.84 Å². The lowest BCUT2D eigenvalue weighted by molar-refractivity contribution is -0.127. The smallest absolute Gasteiger partial charge is 0.256 e. The lowest BCUT2D eigenvalue weighted by Gasteiger charge is -2.33. The van der Waals surface area contributed by atoms with E-state index in [4.69, 9.17) is 16.6 Å². The summed E-state index contributed by atoms with van der Waals surface area (Å²) >= 11 is 7.76. The molecule has 1 aromatic heterocycles. The molecule has 3 aliphatic heterocycles. The van der Waals surface area contributed by atoms with E-state index in [1.54, 1.807) is 34.6 Å². The predicted octanol–water partition coefficient (Wildman–Crippen LogP) is 3.15. The Morgan fingerprint density at radius 3 is 2.77 bits per heavy atom. The fourth-order valence-corrected chi connectivity index (χ4v) is 6.19. The number of piperidine rings is 1. The van der Waals surface area contributed by atoms with Gasteiger partial charge in [0.15, 0.2) is 0 Å². The van der Waals surface area contributed by atoms with Crippen molar-refractivity contribution in [3.8, 4) is 0 Å². The summed E-state index contributed by atoms with van der Waals surface area (Å²) in [6.45, 7) is 1.65. The van der Waals surface area contributed by atoms with Crippen molar-refractivity contribution >= 4 is 54.9 Å². The number of hydrogen-bond acceptors (Lipinski definition) is 6. The molecule has 1 amide bonds. The Labute approximate surface area is 183 Å². The first-order chi connectivity index (χ1) is 14.4. The third kappa shape index (κ3) is 3.77. The zero-order chi connectivity index (χ0) is 20.9. The molecular formula is C20H19ClN4O3S2. The SMILES string of the molecule is O=C(C1=CN2CCS(=O)(=O)N=C2C=C1)N1CCC(c2nc3cc(Cl)ccc3s2)CC1. The molecule has 0 atom stereocenters. The molecule has 4 heterocycles. The Morgan fingerprint density at radius 2 is 1.97 bits per heavy atom. The molecule has 1 aromatic carbocycles. The van der Waals surface area contributed by atoms with E-state index in [0.29, 0.717) is 42.0 Å². The summed E-state index contributed by atoms with van der Waals surface area (Å²) < 4.78 is 28.2. The van der Waals surface area contributed by atoms with Crippen molar-refractivity contribution in [2.24, 2.45) is 4.40 Å². The molecule has 156 valence electrons. The number of amides is 1. The Hall–Kier alpha value is -2.23. The van der Waals surface area contributed by atoms with Crippen LogP contribution in [0.1, 0.15) is 23.8 Å². The second-order valence-corrected chi connectivity index (χ2v) is 10.8. The van der Waals surface area contributed by atoms with Gasteiger partial charge in [0, 0.05) is 36.8 Å². The second kappa shape index (κ2) is 7.47. The Morgan fingerprint density at radius 1 is 1.17 bits per heavy atom. The van der Waals surface area contributed by atoms with Crippen LogP contribution in [0.5, 0.6) is 0 Å². The number of thiazole rings is 1. The van der Waals surface area contributed by atoms with Crippen LogP contribution in [0.2, 0.25) is 5.02 Å². The monoisotopic (exact) mass is 462 g/mol. The van der Waals surface area contributed by atoms with Crippen LogP contribution in [0.15, 0.2) is 46.5 Å². The highest BCUT2D eigenvalue weighted by Gasteiger charge is 2.29. The second-order valence-electron chi connectivity index (χ2n) is 7.58. The number of aromatic nitrogens is 1. The molecule has 10 heteroatoms. The van der Waals surface area contributed by atoms with Gasteiger partial charge in [-0.2, -0.15) is 0 Å². The molecule has 0 aliphatic carbocycles. The highest BCUT2D eigenvalue weighted by molar-refractivity contribution is 7.90. The molecular weight excluding hydrogens is 444 g/mol. The van der Waals surface area contributed by atoms with Gasteiger partial charge in [-0.05, 0) is 43.2 Å². The Kier molecular flexibility index (Phi) is 4.91. The highest BCUT2D eigenvalue weighted by Crippen LogP contribution is 2.35. The van der Waals surface area contributed by atoms with Crippen LogP contribution in [0.25, 0.3) is 10.2 Å². The number of carbonyl (C=O) groups excluding carboxylic acids is 1. The van der Waals surface area contributed by atoms with Crippen molar-refractivity contribution in [3.05, 3.63) is 52.2 Å². The zero-order valence-electron chi connectivity index (χ0n) is 16.0. The number of likely N-dealkylation sites (tertiary alicyclic amines) is 1. The van der Waals surface area contributed by atoms with Crippen molar-refractivity contribution in [1.29, 1.82) is 0 Å². The van der Waals surface area contributed by atoms with E-state index in [0.717, 1.165) is 28.1 Å². The summed E-state index contributed by atoms with van der Waals surface area (Å²) in [4.78, 5) is 21.3. The molecule has 3 aliphatic rings. The standard InChI is InChI=1S/C20H19ClN4O3S2/c21-15-2-3-17-16(11-15)22-19(29-17)13-5-7-24(8-6-13)20(26)14-1-4-18-23-30(27,28)10-9-25(18)12-14/h1-4,11-13H,5-10H2. The van der Waals surface area contributed by atoms with Crippen LogP contribution < -0.4 is 0 Å². The van der Waals surface area contributed by atoms with E-state index in [1.807, 2.05) is 23.1 Å². The van der Waals surface area contributed by atoms with E-state index in [1.165, 1.54) is 0 Å². The quantitative estimate of drug-likeness (QED) is 0.684. The van der Waals surface area contributed by atoms with E-state index in [9.17, 15) is 13.2 Å². The summed E-state index contributed by atoms with van der Waals surface area (Å²) in [7, 11) is -3.40. The zero-order valence-corrected chi connectivity index (χ0v) is 18.4. The summed E-state index contributed by atoms with van der Waals surface area (Å²) in [6, 6.07) is 5.77. The van der Waals surface area contributed by atoms with Crippen LogP contribution in [0.3, 0.4) is 0 Å². The number of benzene rings is 1. The molecule has 7 nitrogen and oxygen atoms in total. The molecule has 0 spiro atoms. The van der Waals surface area contributed by atoms with Gasteiger partial charge in [-0.3, -0.25) is 4.79 Å². The van der Waals surface area contributed by atoms with Gasteiger partial charge < -0.3 is 9.80 Å². The minimum absolute atomic E-state index is 0.0340. The number of rotatable bonds is 2.